The number of halogens is 1. The molecule has 8 heteroatoms. The highest BCUT2D eigenvalue weighted by Crippen LogP contribution is 2.30. The molecule has 0 saturated heterocycles. The van der Waals surface area contributed by atoms with Gasteiger partial charge >= 0.3 is 5.97 Å². The Morgan fingerprint density at radius 1 is 1.62 bits per heavy atom. The highest BCUT2D eigenvalue weighted by atomic mass is 35.5. The molecule has 2 rings (SSSR count). The molecule has 0 aromatic carbocycles. The zero-order chi connectivity index (χ0) is 11.7. The van der Waals surface area contributed by atoms with Crippen LogP contribution >= 0.6 is 22.9 Å². The van der Waals surface area contributed by atoms with Crippen LogP contribution in [0.3, 0.4) is 0 Å². The van der Waals surface area contributed by atoms with E-state index in [1.54, 1.807) is 17.9 Å². The van der Waals surface area contributed by atoms with Crippen LogP contribution in [0.2, 0.25) is 5.15 Å². The summed E-state index contributed by atoms with van der Waals surface area (Å²) in [6, 6.07) is 0. The summed E-state index contributed by atoms with van der Waals surface area (Å²) < 4.78 is 6.14. The van der Waals surface area contributed by atoms with Gasteiger partial charge in [-0.25, -0.2) is 14.5 Å². The number of nitrogens with zero attached hydrogens (tertiary/aromatic N) is 4. The zero-order valence-electron chi connectivity index (χ0n) is 8.47. The van der Waals surface area contributed by atoms with E-state index in [0.717, 1.165) is 11.3 Å². The van der Waals surface area contributed by atoms with Crippen molar-refractivity contribution in [1.29, 1.82) is 0 Å². The molecule has 6 nitrogen and oxygen atoms in total. The third-order valence-electron chi connectivity index (χ3n) is 1.89. The van der Waals surface area contributed by atoms with E-state index in [0.29, 0.717) is 10.7 Å². The monoisotopic (exact) mass is 258 g/mol. The number of carbonyl (C=O) groups excluding carboxylic acids is 1. The fraction of sp³-hybridized carbons (Fsp3) is 0.250. The first-order chi connectivity index (χ1) is 7.63. The Morgan fingerprint density at radius 2 is 2.38 bits per heavy atom. The second-order valence-corrected chi connectivity index (χ2v) is 4.23. The third kappa shape index (κ3) is 1.79. The van der Waals surface area contributed by atoms with Gasteiger partial charge in [0.1, 0.15) is 10.7 Å². The Hall–Kier alpha value is -1.47. The van der Waals surface area contributed by atoms with Crippen molar-refractivity contribution < 1.29 is 9.53 Å². The lowest BCUT2D eigenvalue weighted by Crippen LogP contribution is -1.98. The molecule has 0 unspecified atom stereocenters. The molecule has 2 aromatic heterocycles. The Bertz CT molecular complexity index is 536. The van der Waals surface area contributed by atoms with Gasteiger partial charge in [-0.2, -0.15) is 0 Å². The van der Waals surface area contributed by atoms with Crippen molar-refractivity contribution in [3.8, 4) is 10.7 Å². The van der Waals surface area contributed by atoms with Crippen LogP contribution in [0.4, 0.5) is 0 Å². The number of aryl methyl sites for hydroxylation is 1. The molecular formula is C8H7ClN4O2S. The van der Waals surface area contributed by atoms with Gasteiger partial charge in [0.05, 0.1) is 13.3 Å². The summed E-state index contributed by atoms with van der Waals surface area (Å²) in [6.07, 6.45) is 1.55. The number of esters is 1. The number of methoxy groups -OCH3 is 1. The summed E-state index contributed by atoms with van der Waals surface area (Å²) in [6.45, 7) is 0. The molecule has 0 aliphatic heterocycles. The first kappa shape index (κ1) is 11.0. The Balaban J connectivity index is 2.46. The summed E-state index contributed by atoms with van der Waals surface area (Å²) in [5, 5.41) is 8.21. The molecule has 2 heterocycles. The molecule has 0 saturated carbocycles. The van der Waals surface area contributed by atoms with E-state index in [9.17, 15) is 4.79 Å². The summed E-state index contributed by atoms with van der Waals surface area (Å²) in [5.74, 6) is -0.496. The fourth-order valence-electron chi connectivity index (χ4n) is 1.11. The van der Waals surface area contributed by atoms with Crippen LogP contribution in [-0.4, -0.2) is 33.1 Å². The fourth-order valence-corrected chi connectivity index (χ4v) is 2.36. The lowest BCUT2D eigenvalue weighted by Gasteiger charge is -1.93. The number of aromatic nitrogens is 4. The Morgan fingerprint density at radius 3 is 2.94 bits per heavy atom. The van der Waals surface area contributed by atoms with Gasteiger partial charge in [0.25, 0.3) is 0 Å². The quantitative estimate of drug-likeness (QED) is 0.761. The van der Waals surface area contributed by atoms with Crippen molar-refractivity contribution in [1.82, 2.24) is 20.0 Å². The zero-order valence-corrected chi connectivity index (χ0v) is 10.0. The van der Waals surface area contributed by atoms with Crippen LogP contribution in [0.15, 0.2) is 6.20 Å². The molecule has 0 amide bonds. The molecule has 16 heavy (non-hydrogen) atoms. The van der Waals surface area contributed by atoms with Gasteiger partial charge in [-0.3, -0.25) is 0 Å². The Labute approximate surface area is 99.8 Å². The number of hydrogen-bond acceptors (Lipinski definition) is 6. The number of thiazole rings is 1. The lowest BCUT2D eigenvalue weighted by atomic mass is 10.5. The molecule has 0 radical (unpaired) electrons. The van der Waals surface area contributed by atoms with Gasteiger partial charge in [0.15, 0.2) is 10.0 Å². The van der Waals surface area contributed by atoms with E-state index in [4.69, 9.17) is 11.6 Å². The highest BCUT2D eigenvalue weighted by molar-refractivity contribution is 7.17. The summed E-state index contributed by atoms with van der Waals surface area (Å²) in [4.78, 5) is 15.7. The van der Waals surface area contributed by atoms with Crippen molar-refractivity contribution in [2.75, 3.05) is 7.11 Å². The largest absolute Gasteiger partial charge is 0.465 e. The van der Waals surface area contributed by atoms with Crippen LogP contribution in [0.25, 0.3) is 10.7 Å². The van der Waals surface area contributed by atoms with Gasteiger partial charge in [-0.05, 0) is 0 Å². The molecule has 84 valence electrons. The Kier molecular flexibility index (Phi) is 2.88. The van der Waals surface area contributed by atoms with E-state index in [-0.39, 0.29) is 10.0 Å². The van der Waals surface area contributed by atoms with Gasteiger partial charge in [-0.15, -0.1) is 16.4 Å². The summed E-state index contributed by atoms with van der Waals surface area (Å²) in [5.41, 5.74) is 0.696. The van der Waals surface area contributed by atoms with Crippen molar-refractivity contribution in [3.05, 3.63) is 16.2 Å². The molecule has 0 N–H and O–H groups in total. The molecule has 2 aromatic rings. The molecule has 0 aliphatic rings. The topological polar surface area (TPSA) is 69.9 Å². The smallest absolute Gasteiger partial charge is 0.351 e. The van der Waals surface area contributed by atoms with E-state index in [2.05, 4.69) is 20.0 Å². The van der Waals surface area contributed by atoms with Crippen molar-refractivity contribution >= 4 is 28.9 Å². The van der Waals surface area contributed by atoms with Crippen LogP contribution in [0.5, 0.6) is 0 Å². The predicted octanol–water partition coefficient (Wildman–Crippen LogP) is 1.38. The third-order valence-corrected chi connectivity index (χ3v) is 3.33. The normalized spacial score (nSPS) is 10.4. The minimum atomic E-state index is -0.496. The van der Waals surface area contributed by atoms with Crippen LogP contribution in [0, 0.1) is 0 Å². The maximum absolute atomic E-state index is 11.3. The van der Waals surface area contributed by atoms with Gasteiger partial charge in [0.2, 0.25) is 0 Å². The second-order valence-electron chi connectivity index (χ2n) is 2.87. The first-order valence-electron chi connectivity index (χ1n) is 4.23. The van der Waals surface area contributed by atoms with Gasteiger partial charge in [0, 0.05) is 7.05 Å². The number of rotatable bonds is 2. The predicted molar refractivity (Wildman–Crippen MR) is 58.5 cm³/mol. The van der Waals surface area contributed by atoms with E-state index >= 15 is 0 Å². The average Bonchev–Trinajstić information content (AvgIpc) is 2.83. The minimum Gasteiger partial charge on any atom is -0.465 e. The molecular weight excluding hydrogens is 252 g/mol. The number of ether oxygens (including phenoxy) is 1. The maximum atomic E-state index is 11.3. The SMILES string of the molecule is COC(=O)c1sc(-c2cnnn2C)nc1Cl. The summed E-state index contributed by atoms with van der Waals surface area (Å²) >= 11 is 6.98. The first-order valence-corrected chi connectivity index (χ1v) is 5.42. The van der Waals surface area contributed by atoms with E-state index in [1.807, 2.05) is 0 Å². The molecule has 0 aliphatic carbocycles. The van der Waals surface area contributed by atoms with Crippen LogP contribution in [-0.2, 0) is 11.8 Å². The maximum Gasteiger partial charge on any atom is 0.351 e. The minimum absolute atomic E-state index is 0.132. The van der Waals surface area contributed by atoms with Crippen LogP contribution in [0.1, 0.15) is 9.67 Å². The highest BCUT2D eigenvalue weighted by Gasteiger charge is 2.19. The van der Waals surface area contributed by atoms with Crippen LogP contribution < -0.4 is 0 Å². The number of carbonyl (C=O) groups is 1. The molecule has 0 fully saturated rings. The number of hydrogen-bond donors (Lipinski definition) is 0. The molecule has 0 atom stereocenters. The van der Waals surface area contributed by atoms with Crippen molar-refractivity contribution in [2.24, 2.45) is 7.05 Å². The van der Waals surface area contributed by atoms with E-state index in [1.165, 1.54) is 7.11 Å². The van der Waals surface area contributed by atoms with Gasteiger partial charge in [-0.1, -0.05) is 16.8 Å². The standard InChI is InChI=1S/C8H7ClN4O2S/c1-13-4(3-10-12-13)7-11-6(9)5(16-7)8(14)15-2/h3H,1-2H3. The molecule has 0 bridgehead atoms. The van der Waals surface area contributed by atoms with E-state index < -0.39 is 5.97 Å². The van der Waals surface area contributed by atoms with Crippen molar-refractivity contribution in [2.45, 2.75) is 0 Å². The second kappa shape index (κ2) is 4.18. The summed E-state index contributed by atoms with van der Waals surface area (Å²) in [7, 11) is 3.03. The van der Waals surface area contributed by atoms with Crippen molar-refractivity contribution in [3.63, 3.8) is 0 Å². The van der Waals surface area contributed by atoms with Gasteiger partial charge < -0.3 is 4.74 Å². The lowest BCUT2D eigenvalue weighted by molar-refractivity contribution is 0.0606. The molecule has 0 spiro atoms. The average molecular weight is 259 g/mol.